The zero-order valence-corrected chi connectivity index (χ0v) is 9.28. The standard InChI is InChI=1S/C11H21N2O/c1-3-6-12-8-9-13(11-12)7-5-10-14-4-2/h8-9,11H,3-7,10H2,1-2H3/q+1. The molecule has 0 saturated heterocycles. The van der Waals surface area contributed by atoms with Crippen molar-refractivity contribution in [2.24, 2.45) is 0 Å². The Morgan fingerprint density at radius 3 is 2.93 bits per heavy atom. The summed E-state index contributed by atoms with van der Waals surface area (Å²) in [5, 5.41) is 0. The van der Waals surface area contributed by atoms with Crippen LogP contribution in [0.25, 0.3) is 0 Å². The van der Waals surface area contributed by atoms with Gasteiger partial charge in [-0.2, -0.15) is 0 Å². The molecule has 1 aromatic rings. The third-order valence-electron chi connectivity index (χ3n) is 2.14. The first-order valence-electron chi connectivity index (χ1n) is 5.49. The molecule has 0 amide bonds. The van der Waals surface area contributed by atoms with Crippen LogP contribution < -0.4 is 4.57 Å². The highest BCUT2D eigenvalue weighted by Gasteiger charge is 2.01. The van der Waals surface area contributed by atoms with Crippen LogP contribution in [0.15, 0.2) is 18.7 Å². The van der Waals surface area contributed by atoms with E-state index in [9.17, 15) is 0 Å². The summed E-state index contributed by atoms with van der Waals surface area (Å²) in [7, 11) is 0. The monoisotopic (exact) mass is 197 g/mol. The minimum atomic E-state index is 0.821. The van der Waals surface area contributed by atoms with Crippen LogP contribution in [0.4, 0.5) is 0 Å². The number of hydrogen-bond acceptors (Lipinski definition) is 1. The number of aromatic nitrogens is 2. The van der Waals surface area contributed by atoms with Gasteiger partial charge in [-0.3, -0.25) is 0 Å². The van der Waals surface area contributed by atoms with Gasteiger partial charge in [0, 0.05) is 13.0 Å². The topological polar surface area (TPSA) is 18.0 Å². The lowest BCUT2D eigenvalue weighted by atomic mass is 10.4. The zero-order chi connectivity index (χ0) is 10.2. The van der Waals surface area contributed by atoms with E-state index in [0.717, 1.165) is 32.7 Å². The van der Waals surface area contributed by atoms with Gasteiger partial charge in [0.2, 0.25) is 6.33 Å². The van der Waals surface area contributed by atoms with Crippen LogP contribution in [0, 0.1) is 0 Å². The fraction of sp³-hybridized carbons (Fsp3) is 0.727. The molecule has 0 fully saturated rings. The Morgan fingerprint density at radius 2 is 2.21 bits per heavy atom. The summed E-state index contributed by atoms with van der Waals surface area (Å²) in [6.45, 7) is 8.07. The first-order chi connectivity index (χ1) is 6.86. The molecule has 0 aliphatic rings. The molecule has 1 aromatic heterocycles. The lowest BCUT2D eigenvalue weighted by Crippen LogP contribution is -2.30. The Bertz CT molecular complexity index is 245. The van der Waals surface area contributed by atoms with Crippen molar-refractivity contribution in [1.82, 2.24) is 4.57 Å². The van der Waals surface area contributed by atoms with Crippen LogP contribution in [0.3, 0.4) is 0 Å². The van der Waals surface area contributed by atoms with E-state index < -0.39 is 0 Å². The van der Waals surface area contributed by atoms with Crippen molar-refractivity contribution in [3.63, 3.8) is 0 Å². The number of ether oxygens (including phenoxy) is 1. The first-order valence-corrected chi connectivity index (χ1v) is 5.49. The van der Waals surface area contributed by atoms with E-state index in [-0.39, 0.29) is 0 Å². The molecule has 3 nitrogen and oxygen atoms in total. The summed E-state index contributed by atoms with van der Waals surface area (Å²) in [6, 6.07) is 0. The van der Waals surface area contributed by atoms with Crippen molar-refractivity contribution >= 4 is 0 Å². The minimum Gasteiger partial charge on any atom is -0.382 e. The average Bonchev–Trinajstić information content (AvgIpc) is 2.61. The minimum absolute atomic E-state index is 0.821. The van der Waals surface area contributed by atoms with E-state index in [2.05, 4.69) is 34.8 Å². The Morgan fingerprint density at radius 1 is 1.36 bits per heavy atom. The Kier molecular flexibility index (Phi) is 5.30. The van der Waals surface area contributed by atoms with Gasteiger partial charge in [0.05, 0.1) is 19.7 Å². The van der Waals surface area contributed by atoms with Gasteiger partial charge in [-0.05, 0) is 13.3 Å². The maximum Gasteiger partial charge on any atom is 0.243 e. The van der Waals surface area contributed by atoms with Crippen LogP contribution in [-0.4, -0.2) is 17.8 Å². The number of nitrogens with zero attached hydrogens (tertiary/aromatic N) is 2. The predicted octanol–water partition coefficient (Wildman–Crippen LogP) is 1.61. The number of hydrogen-bond donors (Lipinski definition) is 0. The smallest absolute Gasteiger partial charge is 0.243 e. The normalized spacial score (nSPS) is 10.7. The molecule has 0 radical (unpaired) electrons. The summed E-state index contributed by atoms with van der Waals surface area (Å²) in [6.07, 6.45) is 8.70. The maximum absolute atomic E-state index is 5.29. The van der Waals surface area contributed by atoms with E-state index in [4.69, 9.17) is 4.74 Å². The van der Waals surface area contributed by atoms with Gasteiger partial charge >= 0.3 is 0 Å². The van der Waals surface area contributed by atoms with Crippen molar-refractivity contribution in [3.05, 3.63) is 18.7 Å². The molecule has 0 atom stereocenters. The van der Waals surface area contributed by atoms with Gasteiger partial charge in [-0.25, -0.2) is 9.13 Å². The molecule has 3 heteroatoms. The van der Waals surface area contributed by atoms with Crippen LogP contribution in [0.5, 0.6) is 0 Å². The molecule has 0 N–H and O–H groups in total. The Balaban J connectivity index is 2.22. The van der Waals surface area contributed by atoms with Crippen molar-refractivity contribution < 1.29 is 9.30 Å². The van der Waals surface area contributed by atoms with E-state index in [1.165, 1.54) is 6.42 Å². The summed E-state index contributed by atoms with van der Waals surface area (Å²) in [4.78, 5) is 0. The lowest BCUT2D eigenvalue weighted by molar-refractivity contribution is -0.696. The largest absolute Gasteiger partial charge is 0.382 e. The third-order valence-corrected chi connectivity index (χ3v) is 2.14. The quantitative estimate of drug-likeness (QED) is 0.480. The molecule has 0 unspecified atom stereocenters. The molecule has 0 aromatic carbocycles. The number of rotatable bonds is 7. The summed E-state index contributed by atoms with van der Waals surface area (Å²) in [5.41, 5.74) is 0. The highest BCUT2D eigenvalue weighted by molar-refractivity contribution is 4.65. The molecule has 0 aliphatic carbocycles. The predicted molar refractivity (Wildman–Crippen MR) is 56.0 cm³/mol. The second-order valence-corrected chi connectivity index (χ2v) is 3.44. The summed E-state index contributed by atoms with van der Waals surface area (Å²) in [5.74, 6) is 0. The fourth-order valence-electron chi connectivity index (χ4n) is 1.46. The van der Waals surface area contributed by atoms with Crippen molar-refractivity contribution in [1.29, 1.82) is 0 Å². The molecule has 1 heterocycles. The van der Waals surface area contributed by atoms with Crippen LogP contribution in [-0.2, 0) is 17.8 Å². The maximum atomic E-state index is 5.29. The molecule has 80 valence electrons. The summed E-state index contributed by atoms with van der Waals surface area (Å²) >= 11 is 0. The second kappa shape index (κ2) is 6.60. The van der Waals surface area contributed by atoms with Gasteiger partial charge < -0.3 is 4.74 Å². The molecule has 0 spiro atoms. The molecule has 14 heavy (non-hydrogen) atoms. The van der Waals surface area contributed by atoms with Gasteiger partial charge in [0.15, 0.2) is 0 Å². The molecule has 0 bridgehead atoms. The van der Waals surface area contributed by atoms with Gasteiger partial charge in [0.1, 0.15) is 12.4 Å². The van der Waals surface area contributed by atoms with Crippen LogP contribution >= 0.6 is 0 Å². The number of aryl methyl sites for hydroxylation is 2. The molecule has 0 saturated carbocycles. The Labute approximate surface area is 86.3 Å². The molecular formula is C11H21N2O+. The Hall–Kier alpha value is -0.830. The molecular weight excluding hydrogens is 176 g/mol. The lowest BCUT2D eigenvalue weighted by Gasteiger charge is -1.98. The van der Waals surface area contributed by atoms with E-state index in [0.29, 0.717) is 0 Å². The fourth-order valence-corrected chi connectivity index (χ4v) is 1.46. The van der Waals surface area contributed by atoms with E-state index >= 15 is 0 Å². The zero-order valence-electron chi connectivity index (χ0n) is 9.28. The van der Waals surface area contributed by atoms with Gasteiger partial charge in [-0.1, -0.05) is 6.92 Å². The summed E-state index contributed by atoms with van der Waals surface area (Å²) < 4.78 is 9.73. The SMILES string of the molecule is CCC[n+]1ccn(CCCOCC)c1. The molecule has 1 rings (SSSR count). The van der Waals surface area contributed by atoms with E-state index in [1.807, 2.05) is 6.92 Å². The highest BCUT2D eigenvalue weighted by Crippen LogP contribution is 1.91. The first kappa shape index (κ1) is 11.2. The van der Waals surface area contributed by atoms with Gasteiger partial charge in [-0.15, -0.1) is 0 Å². The van der Waals surface area contributed by atoms with Crippen LogP contribution in [0.1, 0.15) is 26.7 Å². The number of imidazole rings is 1. The third kappa shape index (κ3) is 3.92. The average molecular weight is 197 g/mol. The van der Waals surface area contributed by atoms with Crippen molar-refractivity contribution in [2.75, 3.05) is 13.2 Å². The van der Waals surface area contributed by atoms with Crippen molar-refractivity contribution in [2.45, 2.75) is 39.8 Å². The van der Waals surface area contributed by atoms with Crippen LogP contribution in [0.2, 0.25) is 0 Å². The van der Waals surface area contributed by atoms with Gasteiger partial charge in [0.25, 0.3) is 0 Å². The van der Waals surface area contributed by atoms with E-state index in [1.54, 1.807) is 0 Å². The molecule has 0 aliphatic heterocycles. The van der Waals surface area contributed by atoms with Crippen molar-refractivity contribution in [3.8, 4) is 0 Å². The highest BCUT2D eigenvalue weighted by atomic mass is 16.5. The second-order valence-electron chi connectivity index (χ2n) is 3.44.